The number of nitrogens with zero attached hydrogens (tertiary/aromatic N) is 2. The van der Waals surface area contributed by atoms with Gasteiger partial charge < -0.3 is 15.5 Å². The highest BCUT2D eigenvalue weighted by molar-refractivity contribution is 5.99. The Balaban J connectivity index is 1.74. The number of hydrogen-bond donors (Lipinski definition) is 2. The van der Waals surface area contributed by atoms with Crippen LogP contribution >= 0.6 is 0 Å². The van der Waals surface area contributed by atoms with Crippen LogP contribution in [-0.2, 0) is 0 Å². The number of nitrogens with one attached hydrogen (secondary N) is 2. The van der Waals surface area contributed by atoms with Gasteiger partial charge in [-0.05, 0) is 51.3 Å². The van der Waals surface area contributed by atoms with E-state index >= 15 is 0 Å². The molecule has 0 spiro atoms. The van der Waals surface area contributed by atoms with E-state index in [1.165, 1.54) is 12.8 Å². The minimum atomic E-state index is 0.00514. The number of pyridine rings is 1. The number of anilines is 1. The average Bonchev–Trinajstić information content (AvgIpc) is 3.04. The molecule has 3 rings (SSSR count). The molecule has 0 saturated carbocycles. The summed E-state index contributed by atoms with van der Waals surface area (Å²) in [6, 6.07) is 4.26. The molecule has 0 aliphatic carbocycles. The van der Waals surface area contributed by atoms with Crippen LogP contribution in [0.2, 0.25) is 0 Å². The summed E-state index contributed by atoms with van der Waals surface area (Å²) in [6.07, 6.45) is 6.29. The van der Waals surface area contributed by atoms with Gasteiger partial charge in [-0.2, -0.15) is 0 Å². The monoisotopic (exact) mass is 288 g/mol. The molecule has 2 saturated heterocycles. The Morgan fingerprint density at radius 1 is 1.38 bits per heavy atom. The average molecular weight is 288 g/mol. The van der Waals surface area contributed by atoms with Crippen molar-refractivity contribution in [2.24, 2.45) is 0 Å². The lowest BCUT2D eigenvalue weighted by Crippen LogP contribution is -2.52. The molecule has 0 aromatic carbocycles. The van der Waals surface area contributed by atoms with Crippen LogP contribution < -0.4 is 15.5 Å². The molecule has 21 heavy (non-hydrogen) atoms. The van der Waals surface area contributed by atoms with Crippen LogP contribution in [0.15, 0.2) is 18.3 Å². The molecule has 1 amide bonds. The lowest BCUT2D eigenvalue weighted by molar-refractivity contribution is 0.0920. The van der Waals surface area contributed by atoms with Crippen LogP contribution in [0, 0.1) is 0 Å². The largest absolute Gasteiger partial charge is 0.356 e. The third-order valence-electron chi connectivity index (χ3n) is 4.52. The summed E-state index contributed by atoms with van der Waals surface area (Å²) in [5.74, 6) is 0.842. The van der Waals surface area contributed by atoms with Crippen molar-refractivity contribution < 1.29 is 4.79 Å². The van der Waals surface area contributed by atoms with Crippen LogP contribution in [0.5, 0.6) is 0 Å². The summed E-state index contributed by atoms with van der Waals surface area (Å²) >= 11 is 0. The second-order valence-corrected chi connectivity index (χ2v) is 6.03. The predicted octanol–water partition coefficient (Wildman–Crippen LogP) is 1.55. The number of carbonyl (C=O) groups excluding carboxylic acids is 1. The summed E-state index contributed by atoms with van der Waals surface area (Å²) in [4.78, 5) is 19.3. The molecular weight excluding hydrogens is 264 g/mol. The van der Waals surface area contributed by atoms with Gasteiger partial charge in [0.25, 0.3) is 5.91 Å². The zero-order valence-corrected chi connectivity index (χ0v) is 12.6. The molecule has 1 aromatic heterocycles. The van der Waals surface area contributed by atoms with E-state index in [4.69, 9.17) is 0 Å². The first-order chi connectivity index (χ1) is 10.3. The third kappa shape index (κ3) is 3.18. The maximum Gasteiger partial charge on any atom is 0.255 e. The van der Waals surface area contributed by atoms with E-state index in [0.717, 1.165) is 38.3 Å². The number of carbonyl (C=O) groups is 1. The van der Waals surface area contributed by atoms with Crippen LogP contribution in [0.1, 0.15) is 43.0 Å². The van der Waals surface area contributed by atoms with Crippen molar-refractivity contribution in [3.8, 4) is 0 Å². The Bertz CT molecular complexity index is 499. The number of hydrogen-bond acceptors (Lipinski definition) is 4. The number of rotatable bonds is 3. The number of aromatic nitrogens is 1. The molecule has 2 fully saturated rings. The Morgan fingerprint density at radius 3 is 2.95 bits per heavy atom. The van der Waals surface area contributed by atoms with Crippen molar-refractivity contribution in [3.63, 3.8) is 0 Å². The third-order valence-corrected chi connectivity index (χ3v) is 4.52. The standard InChI is InChI=1S/C16H24N4O/c1-12-14(7-5-8-17-12)19-16(21)13-6-4-9-18-15(13)20-10-2-3-11-20/h4,6,9,12,14,17H,2-3,5,7-8,10-11H2,1H3,(H,19,21). The molecule has 114 valence electrons. The van der Waals surface area contributed by atoms with Gasteiger partial charge in [-0.3, -0.25) is 4.79 Å². The quantitative estimate of drug-likeness (QED) is 0.886. The molecule has 5 nitrogen and oxygen atoms in total. The van der Waals surface area contributed by atoms with Crippen molar-refractivity contribution >= 4 is 11.7 Å². The molecule has 2 atom stereocenters. The van der Waals surface area contributed by atoms with Crippen molar-refractivity contribution in [3.05, 3.63) is 23.9 Å². The molecule has 3 heterocycles. The van der Waals surface area contributed by atoms with E-state index in [1.54, 1.807) is 6.20 Å². The highest BCUT2D eigenvalue weighted by Crippen LogP contribution is 2.22. The van der Waals surface area contributed by atoms with Gasteiger partial charge >= 0.3 is 0 Å². The van der Waals surface area contributed by atoms with Gasteiger partial charge in [0.2, 0.25) is 0 Å². The minimum Gasteiger partial charge on any atom is -0.356 e. The summed E-state index contributed by atoms with van der Waals surface area (Å²) < 4.78 is 0. The minimum absolute atomic E-state index is 0.00514. The normalized spacial score (nSPS) is 25.9. The Labute approximate surface area is 126 Å². The predicted molar refractivity (Wildman–Crippen MR) is 83.6 cm³/mol. The molecule has 2 N–H and O–H groups in total. The summed E-state index contributed by atoms with van der Waals surface area (Å²) in [6.45, 7) is 5.17. The Morgan fingerprint density at radius 2 is 2.19 bits per heavy atom. The van der Waals surface area contributed by atoms with E-state index in [-0.39, 0.29) is 11.9 Å². The lowest BCUT2D eigenvalue weighted by atomic mass is 9.99. The first-order valence-corrected chi connectivity index (χ1v) is 8.00. The number of amides is 1. The highest BCUT2D eigenvalue weighted by atomic mass is 16.1. The zero-order valence-electron chi connectivity index (χ0n) is 12.6. The molecule has 2 aliphatic rings. The van der Waals surface area contributed by atoms with Crippen LogP contribution in [-0.4, -0.2) is 42.6 Å². The topological polar surface area (TPSA) is 57.3 Å². The molecule has 5 heteroatoms. The van der Waals surface area contributed by atoms with E-state index in [9.17, 15) is 4.79 Å². The molecule has 1 aromatic rings. The Kier molecular flexibility index (Phi) is 4.39. The SMILES string of the molecule is CC1NCCCC1NC(=O)c1cccnc1N1CCCC1. The fourth-order valence-electron chi connectivity index (χ4n) is 3.24. The van der Waals surface area contributed by atoms with Crippen molar-refractivity contribution in [1.82, 2.24) is 15.6 Å². The second kappa shape index (κ2) is 6.43. The fraction of sp³-hybridized carbons (Fsp3) is 0.625. The summed E-state index contributed by atoms with van der Waals surface area (Å²) in [5, 5.41) is 6.60. The van der Waals surface area contributed by atoms with Crippen molar-refractivity contribution in [2.75, 3.05) is 24.5 Å². The van der Waals surface area contributed by atoms with E-state index in [2.05, 4.69) is 27.4 Å². The smallest absolute Gasteiger partial charge is 0.255 e. The van der Waals surface area contributed by atoms with Gasteiger partial charge in [-0.1, -0.05) is 0 Å². The number of piperidine rings is 1. The van der Waals surface area contributed by atoms with E-state index in [1.807, 2.05) is 12.1 Å². The van der Waals surface area contributed by atoms with E-state index in [0.29, 0.717) is 11.6 Å². The summed E-state index contributed by atoms with van der Waals surface area (Å²) in [5.41, 5.74) is 0.706. The van der Waals surface area contributed by atoms with Crippen LogP contribution in [0.25, 0.3) is 0 Å². The van der Waals surface area contributed by atoms with Gasteiger partial charge in [-0.25, -0.2) is 4.98 Å². The highest BCUT2D eigenvalue weighted by Gasteiger charge is 2.25. The first kappa shape index (κ1) is 14.3. The van der Waals surface area contributed by atoms with Gasteiger partial charge in [0, 0.05) is 31.4 Å². The molecular formula is C16H24N4O. The van der Waals surface area contributed by atoms with Gasteiger partial charge in [0.05, 0.1) is 5.56 Å². The zero-order chi connectivity index (χ0) is 14.7. The second-order valence-electron chi connectivity index (χ2n) is 6.03. The van der Waals surface area contributed by atoms with Gasteiger partial charge in [0.1, 0.15) is 5.82 Å². The van der Waals surface area contributed by atoms with Gasteiger partial charge in [0.15, 0.2) is 0 Å². The molecule has 2 aliphatic heterocycles. The van der Waals surface area contributed by atoms with Gasteiger partial charge in [-0.15, -0.1) is 0 Å². The van der Waals surface area contributed by atoms with Crippen LogP contribution in [0.3, 0.4) is 0 Å². The molecule has 0 radical (unpaired) electrons. The molecule has 2 unspecified atom stereocenters. The lowest BCUT2D eigenvalue weighted by Gasteiger charge is -2.31. The summed E-state index contributed by atoms with van der Waals surface area (Å²) in [7, 11) is 0. The maximum absolute atomic E-state index is 12.6. The van der Waals surface area contributed by atoms with Crippen LogP contribution in [0.4, 0.5) is 5.82 Å². The first-order valence-electron chi connectivity index (χ1n) is 8.00. The van der Waals surface area contributed by atoms with Crippen molar-refractivity contribution in [1.29, 1.82) is 0 Å². The Hall–Kier alpha value is -1.62. The maximum atomic E-state index is 12.6. The molecule has 0 bridgehead atoms. The fourth-order valence-corrected chi connectivity index (χ4v) is 3.24. The van der Waals surface area contributed by atoms with Crippen molar-refractivity contribution in [2.45, 2.75) is 44.7 Å². The van der Waals surface area contributed by atoms with E-state index < -0.39 is 0 Å².